The van der Waals surface area contributed by atoms with Gasteiger partial charge in [-0.2, -0.15) is 0 Å². The lowest BCUT2D eigenvalue weighted by atomic mass is 10.1. The predicted octanol–water partition coefficient (Wildman–Crippen LogP) is 5.17. The summed E-state index contributed by atoms with van der Waals surface area (Å²) >= 11 is 1.39. The topological polar surface area (TPSA) is 32.6 Å². The number of nitrogens with zero attached hydrogens (tertiary/aromatic N) is 1. The van der Waals surface area contributed by atoms with E-state index in [0.29, 0.717) is 5.06 Å². The van der Waals surface area contributed by atoms with Gasteiger partial charge in [0.1, 0.15) is 0 Å². The molecule has 0 fully saturated rings. The first-order chi connectivity index (χ1) is 11.2. The Morgan fingerprint density at radius 3 is 2.39 bits per heavy atom. The Morgan fingerprint density at radius 1 is 1.04 bits per heavy atom. The van der Waals surface area contributed by atoms with Crippen LogP contribution < -0.4 is 0 Å². The van der Waals surface area contributed by atoms with E-state index in [4.69, 9.17) is 0 Å². The predicted molar refractivity (Wildman–Crippen MR) is 98.6 cm³/mol. The van der Waals surface area contributed by atoms with E-state index in [1.54, 1.807) is 6.21 Å². The Morgan fingerprint density at radius 2 is 1.70 bits per heavy atom. The van der Waals surface area contributed by atoms with E-state index >= 15 is 0 Å². The molecule has 2 aromatic carbocycles. The summed E-state index contributed by atoms with van der Waals surface area (Å²) in [5, 5.41) is 10.4. The van der Waals surface area contributed by atoms with E-state index in [0.717, 1.165) is 22.4 Å². The zero-order chi connectivity index (χ0) is 16.1. The Bertz CT molecular complexity index is 778. The second-order valence-corrected chi connectivity index (χ2v) is 6.58. The molecule has 0 spiro atoms. The SMILES string of the molecule is CC(Cc1ccccc1)N=Cc1cc(-c2ccccc2)sc1O. The molecule has 3 rings (SSSR count). The van der Waals surface area contributed by atoms with E-state index < -0.39 is 0 Å². The van der Waals surface area contributed by atoms with Crippen LogP contribution in [-0.4, -0.2) is 17.4 Å². The highest BCUT2D eigenvalue weighted by molar-refractivity contribution is 7.17. The van der Waals surface area contributed by atoms with Gasteiger partial charge >= 0.3 is 0 Å². The molecule has 0 aliphatic carbocycles. The summed E-state index contributed by atoms with van der Waals surface area (Å²) in [6, 6.07) is 22.6. The molecule has 3 aromatic rings. The van der Waals surface area contributed by atoms with Crippen molar-refractivity contribution in [1.82, 2.24) is 0 Å². The quantitative estimate of drug-likeness (QED) is 0.646. The summed E-state index contributed by atoms with van der Waals surface area (Å²) in [4.78, 5) is 5.63. The molecule has 1 aromatic heterocycles. The van der Waals surface area contributed by atoms with Gasteiger partial charge in [-0.25, -0.2) is 0 Å². The number of hydrogen-bond donors (Lipinski definition) is 1. The molecule has 23 heavy (non-hydrogen) atoms. The first-order valence-electron chi connectivity index (χ1n) is 7.67. The number of benzene rings is 2. The van der Waals surface area contributed by atoms with Crippen molar-refractivity contribution in [1.29, 1.82) is 0 Å². The van der Waals surface area contributed by atoms with Crippen LogP contribution in [0.15, 0.2) is 71.7 Å². The molecule has 0 bridgehead atoms. The maximum atomic E-state index is 10.1. The first-order valence-corrected chi connectivity index (χ1v) is 8.49. The molecule has 1 unspecified atom stereocenters. The maximum Gasteiger partial charge on any atom is 0.180 e. The van der Waals surface area contributed by atoms with E-state index in [-0.39, 0.29) is 6.04 Å². The van der Waals surface area contributed by atoms with Crippen molar-refractivity contribution in [2.24, 2.45) is 4.99 Å². The number of aromatic hydroxyl groups is 1. The van der Waals surface area contributed by atoms with Gasteiger partial charge in [0.2, 0.25) is 0 Å². The van der Waals surface area contributed by atoms with E-state index in [2.05, 4.69) is 24.0 Å². The van der Waals surface area contributed by atoms with Gasteiger partial charge in [-0.05, 0) is 30.5 Å². The molecule has 0 aliphatic heterocycles. The third-order valence-corrected chi connectivity index (χ3v) is 4.64. The highest BCUT2D eigenvalue weighted by atomic mass is 32.1. The lowest BCUT2D eigenvalue weighted by molar-refractivity contribution is 0.490. The third-order valence-electron chi connectivity index (χ3n) is 3.64. The van der Waals surface area contributed by atoms with Crippen molar-refractivity contribution in [2.75, 3.05) is 0 Å². The van der Waals surface area contributed by atoms with Gasteiger partial charge in [0.15, 0.2) is 5.06 Å². The van der Waals surface area contributed by atoms with E-state index in [1.165, 1.54) is 16.9 Å². The van der Waals surface area contributed by atoms with E-state index in [1.807, 2.05) is 54.6 Å². The van der Waals surface area contributed by atoms with Crippen LogP contribution in [0.5, 0.6) is 5.06 Å². The lowest BCUT2D eigenvalue weighted by Crippen LogP contribution is -2.03. The standard InChI is InChI=1S/C20H19NOS/c1-15(12-16-8-4-2-5-9-16)21-14-18-13-19(23-20(18)22)17-10-6-3-7-11-17/h2-11,13-15,22H,12H2,1H3. The Hall–Kier alpha value is -2.39. The van der Waals surface area contributed by atoms with Gasteiger partial charge in [-0.1, -0.05) is 72.0 Å². The fraction of sp³-hybridized carbons (Fsp3) is 0.150. The van der Waals surface area contributed by atoms with Gasteiger partial charge in [-0.3, -0.25) is 4.99 Å². The number of hydrogen-bond acceptors (Lipinski definition) is 3. The Labute approximate surface area is 140 Å². The highest BCUT2D eigenvalue weighted by Gasteiger charge is 2.08. The molecule has 0 saturated heterocycles. The van der Waals surface area contributed by atoms with Crippen LogP contribution in [0.4, 0.5) is 0 Å². The van der Waals surface area contributed by atoms with Gasteiger partial charge in [-0.15, -0.1) is 0 Å². The molecular formula is C20H19NOS. The summed E-state index contributed by atoms with van der Waals surface area (Å²) in [5.41, 5.74) is 3.18. The van der Waals surface area contributed by atoms with Crippen molar-refractivity contribution < 1.29 is 5.11 Å². The zero-order valence-corrected chi connectivity index (χ0v) is 13.8. The summed E-state index contributed by atoms with van der Waals surface area (Å²) in [7, 11) is 0. The van der Waals surface area contributed by atoms with Crippen LogP contribution in [0.25, 0.3) is 10.4 Å². The Kier molecular flexibility index (Phi) is 4.89. The van der Waals surface area contributed by atoms with Gasteiger partial charge < -0.3 is 5.11 Å². The molecule has 1 atom stereocenters. The minimum Gasteiger partial charge on any atom is -0.499 e. The first kappa shape index (κ1) is 15.5. The molecule has 3 heteroatoms. The van der Waals surface area contributed by atoms with Crippen LogP contribution in [0, 0.1) is 0 Å². The second-order valence-electron chi connectivity index (χ2n) is 5.55. The molecular weight excluding hydrogens is 302 g/mol. The van der Waals surface area contributed by atoms with Gasteiger partial charge in [0.05, 0.1) is 6.04 Å². The fourth-order valence-corrected chi connectivity index (χ4v) is 3.33. The second kappa shape index (κ2) is 7.25. The van der Waals surface area contributed by atoms with E-state index in [9.17, 15) is 5.11 Å². The zero-order valence-electron chi connectivity index (χ0n) is 13.0. The van der Waals surface area contributed by atoms with Gasteiger partial charge in [0, 0.05) is 16.7 Å². The Balaban J connectivity index is 1.71. The lowest BCUT2D eigenvalue weighted by Gasteiger charge is -2.05. The molecule has 1 heterocycles. The molecule has 0 amide bonds. The van der Waals surface area contributed by atoms with Crippen LogP contribution in [0.1, 0.15) is 18.1 Å². The maximum absolute atomic E-state index is 10.1. The molecule has 0 radical (unpaired) electrons. The summed E-state index contributed by atoms with van der Waals surface area (Å²) in [5.74, 6) is 0. The summed E-state index contributed by atoms with van der Waals surface area (Å²) < 4.78 is 0. The van der Waals surface area contributed by atoms with Gasteiger partial charge in [0.25, 0.3) is 0 Å². The minimum absolute atomic E-state index is 0.178. The fourth-order valence-electron chi connectivity index (χ4n) is 2.45. The third kappa shape index (κ3) is 4.08. The number of thiophene rings is 1. The van der Waals surface area contributed by atoms with Crippen LogP contribution in [0.2, 0.25) is 0 Å². The normalized spacial score (nSPS) is 12.6. The summed E-state index contributed by atoms with van der Waals surface area (Å²) in [6.07, 6.45) is 2.68. The molecule has 1 N–H and O–H groups in total. The number of rotatable bonds is 5. The highest BCUT2D eigenvalue weighted by Crippen LogP contribution is 2.35. The van der Waals surface area contributed by atoms with Crippen molar-refractivity contribution in [3.63, 3.8) is 0 Å². The average Bonchev–Trinajstić information content (AvgIpc) is 2.96. The van der Waals surface area contributed by atoms with Crippen molar-refractivity contribution in [3.8, 4) is 15.5 Å². The van der Waals surface area contributed by atoms with Crippen molar-refractivity contribution in [3.05, 3.63) is 77.9 Å². The molecule has 2 nitrogen and oxygen atoms in total. The number of aliphatic imine (C=N–C) groups is 1. The summed E-state index contributed by atoms with van der Waals surface area (Å²) in [6.45, 7) is 2.09. The largest absolute Gasteiger partial charge is 0.499 e. The minimum atomic E-state index is 0.178. The van der Waals surface area contributed by atoms with Crippen LogP contribution in [0.3, 0.4) is 0 Å². The molecule has 0 saturated carbocycles. The van der Waals surface area contributed by atoms with Crippen molar-refractivity contribution >= 4 is 17.6 Å². The monoisotopic (exact) mass is 321 g/mol. The van der Waals surface area contributed by atoms with Crippen LogP contribution >= 0.6 is 11.3 Å². The molecule has 116 valence electrons. The van der Waals surface area contributed by atoms with Crippen molar-refractivity contribution in [2.45, 2.75) is 19.4 Å². The van der Waals surface area contributed by atoms with Crippen LogP contribution in [-0.2, 0) is 6.42 Å². The smallest absolute Gasteiger partial charge is 0.180 e. The molecule has 0 aliphatic rings. The average molecular weight is 321 g/mol.